The number of piperidine rings is 1. The summed E-state index contributed by atoms with van der Waals surface area (Å²) in [5.74, 6) is 1.05. The van der Waals surface area contributed by atoms with Crippen molar-refractivity contribution < 1.29 is 9.32 Å². The third-order valence-electron chi connectivity index (χ3n) is 4.58. The molecule has 1 N–H and O–H groups in total. The molecule has 0 aromatic carbocycles. The van der Waals surface area contributed by atoms with E-state index in [1.165, 1.54) is 0 Å². The summed E-state index contributed by atoms with van der Waals surface area (Å²) in [6, 6.07) is 0. The van der Waals surface area contributed by atoms with E-state index in [0.29, 0.717) is 6.54 Å². The van der Waals surface area contributed by atoms with E-state index in [-0.39, 0.29) is 11.3 Å². The van der Waals surface area contributed by atoms with Crippen LogP contribution in [0.1, 0.15) is 49.6 Å². The van der Waals surface area contributed by atoms with E-state index in [4.69, 9.17) is 4.52 Å². The number of carbonyl (C=O) groups is 1. The zero-order valence-electron chi connectivity index (χ0n) is 13.7. The molecule has 1 amide bonds. The molecule has 0 aliphatic carbocycles. The first-order chi connectivity index (χ1) is 10.00. The zero-order valence-corrected chi connectivity index (χ0v) is 13.7. The summed E-state index contributed by atoms with van der Waals surface area (Å²) < 4.78 is 5.19. The minimum Gasteiger partial charge on any atom is -0.361 e. The summed E-state index contributed by atoms with van der Waals surface area (Å²) in [5, 5.41) is 7.37. The Kier molecular flexibility index (Phi) is 5.04. The number of aryl methyl sites for hydroxylation is 2. The SMILES string of the molecule is CCCC1(C(=O)N(C)Cc2c(C)noc2C)CCCNC1. The molecular weight excluding hydrogens is 266 g/mol. The molecule has 0 radical (unpaired) electrons. The Morgan fingerprint density at radius 2 is 2.24 bits per heavy atom. The van der Waals surface area contributed by atoms with Gasteiger partial charge in [-0.2, -0.15) is 0 Å². The number of hydrogen-bond donors (Lipinski definition) is 1. The van der Waals surface area contributed by atoms with Crippen LogP contribution in [0.4, 0.5) is 0 Å². The van der Waals surface area contributed by atoms with Gasteiger partial charge >= 0.3 is 0 Å². The first-order valence-electron chi connectivity index (χ1n) is 7.88. The number of nitrogens with zero attached hydrogens (tertiary/aromatic N) is 2. The summed E-state index contributed by atoms with van der Waals surface area (Å²) in [7, 11) is 1.89. The van der Waals surface area contributed by atoms with Crippen LogP contribution in [0.3, 0.4) is 0 Å². The molecule has 0 saturated carbocycles. The van der Waals surface area contributed by atoms with Gasteiger partial charge in [0, 0.05) is 19.2 Å². The van der Waals surface area contributed by atoms with Crippen LogP contribution >= 0.6 is 0 Å². The minimum absolute atomic E-state index is 0.235. The van der Waals surface area contributed by atoms with Gasteiger partial charge < -0.3 is 14.7 Å². The van der Waals surface area contributed by atoms with E-state index in [2.05, 4.69) is 17.4 Å². The van der Waals surface area contributed by atoms with Crippen molar-refractivity contribution >= 4 is 5.91 Å². The van der Waals surface area contributed by atoms with Crippen molar-refractivity contribution in [2.45, 2.75) is 53.0 Å². The molecule has 1 aromatic heterocycles. The standard InChI is InChI=1S/C16H27N3O2/c1-5-7-16(8-6-9-17-11-16)15(20)19(4)10-14-12(2)18-21-13(14)3/h17H,5-11H2,1-4H3. The number of nitrogens with one attached hydrogen (secondary N) is 1. The van der Waals surface area contributed by atoms with Gasteiger partial charge in [0.1, 0.15) is 5.76 Å². The van der Waals surface area contributed by atoms with Crippen LogP contribution in [0.5, 0.6) is 0 Å². The highest BCUT2D eigenvalue weighted by Gasteiger charge is 2.40. The molecule has 1 aliphatic rings. The van der Waals surface area contributed by atoms with Crippen LogP contribution in [-0.4, -0.2) is 36.1 Å². The Balaban J connectivity index is 2.13. The van der Waals surface area contributed by atoms with Gasteiger partial charge in [0.2, 0.25) is 5.91 Å². The fourth-order valence-electron chi connectivity index (χ4n) is 3.39. The molecule has 1 atom stereocenters. The van der Waals surface area contributed by atoms with Gasteiger partial charge in [0.25, 0.3) is 0 Å². The van der Waals surface area contributed by atoms with Crippen molar-refractivity contribution in [1.29, 1.82) is 0 Å². The van der Waals surface area contributed by atoms with Crippen LogP contribution in [0.2, 0.25) is 0 Å². The molecule has 5 nitrogen and oxygen atoms in total. The Labute approximate surface area is 127 Å². The number of rotatable bonds is 5. The van der Waals surface area contributed by atoms with E-state index < -0.39 is 0 Å². The molecule has 21 heavy (non-hydrogen) atoms. The minimum atomic E-state index is -0.235. The molecule has 118 valence electrons. The Morgan fingerprint density at radius 3 is 2.76 bits per heavy atom. The molecule has 1 aromatic rings. The van der Waals surface area contributed by atoms with Gasteiger partial charge in [-0.1, -0.05) is 18.5 Å². The third-order valence-corrected chi connectivity index (χ3v) is 4.58. The van der Waals surface area contributed by atoms with Gasteiger partial charge in [-0.15, -0.1) is 0 Å². The Hall–Kier alpha value is -1.36. The zero-order chi connectivity index (χ0) is 15.5. The second-order valence-corrected chi connectivity index (χ2v) is 6.27. The maximum absolute atomic E-state index is 13.0. The lowest BCUT2D eigenvalue weighted by molar-refractivity contribution is -0.143. The topological polar surface area (TPSA) is 58.4 Å². The number of carbonyl (C=O) groups excluding carboxylic acids is 1. The molecule has 2 heterocycles. The van der Waals surface area contributed by atoms with Crippen molar-refractivity contribution in [3.63, 3.8) is 0 Å². The maximum atomic E-state index is 13.0. The number of aromatic nitrogens is 1. The smallest absolute Gasteiger partial charge is 0.230 e. The van der Waals surface area contributed by atoms with Crippen LogP contribution < -0.4 is 5.32 Å². The highest BCUT2D eigenvalue weighted by Crippen LogP contribution is 2.34. The quantitative estimate of drug-likeness (QED) is 0.906. The average Bonchev–Trinajstić information content (AvgIpc) is 2.79. The van der Waals surface area contributed by atoms with E-state index in [1.807, 2.05) is 25.8 Å². The second kappa shape index (κ2) is 6.60. The lowest BCUT2D eigenvalue weighted by Crippen LogP contribution is -2.50. The van der Waals surface area contributed by atoms with Crippen molar-refractivity contribution in [3.8, 4) is 0 Å². The van der Waals surface area contributed by atoms with Gasteiger partial charge in [0.15, 0.2) is 0 Å². The predicted octanol–water partition coefficient (Wildman–Crippen LogP) is 2.42. The molecule has 1 aliphatic heterocycles. The number of hydrogen-bond acceptors (Lipinski definition) is 4. The third kappa shape index (κ3) is 3.28. The largest absolute Gasteiger partial charge is 0.361 e. The fourth-order valence-corrected chi connectivity index (χ4v) is 3.39. The molecule has 1 unspecified atom stereocenters. The van der Waals surface area contributed by atoms with Crippen molar-refractivity contribution in [1.82, 2.24) is 15.4 Å². The lowest BCUT2D eigenvalue weighted by Gasteiger charge is -2.39. The van der Waals surface area contributed by atoms with Crippen LogP contribution in [-0.2, 0) is 11.3 Å². The normalized spacial score (nSPS) is 22.3. The lowest BCUT2D eigenvalue weighted by atomic mass is 9.75. The fraction of sp³-hybridized carbons (Fsp3) is 0.750. The van der Waals surface area contributed by atoms with E-state index in [1.54, 1.807) is 0 Å². The summed E-state index contributed by atoms with van der Waals surface area (Å²) in [4.78, 5) is 14.8. The first-order valence-corrected chi connectivity index (χ1v) is 7.88. The molecule has 1 fully saturated rings. The van der Waals surface area contributed by atoms with Crippen LogP contribution in [0.25, 0.3) is 0 Å². The van der Waals surface area contributed by atoms with Gasteiger partial charge in [-0.25, -0.2) is 0 Å². The number of amides is 1. The summed E-state index contributed by atoms with van der Waals surface area (Å²) in [6.45, 7) is 8.37. The molecule has 0 bridgehead atoms. The summed E-state index contributed by atoms with van der Waals surface area (Å²) >= 11 is 0. The Morgan fingerprint density at radius 1 is 1.48 bits per heavy atom. The second-order valence-electron chi connectivity index (χ2n) is 6.27. The van der Waals surface area contributed by atoms with Crippen molar-refractivity contribution in [2.24, 2.45) is 5.41 Å². The van der Waals surface area contributed by atoms with E-state index in [9.17, 15) is 4.79 Å². The first kappa shape index (κ1) is 16.0. The van der Waals surface area contributed by atoms with Crippen molar-refractivity contribution in [3.05, 3.63) is 17.0 Å². The average molecular weight is 293 g/mol. The summed E-state index contributed by atoms with van der Waals surface area (Å²) in [6.07, 6.45) is 4.04. The summed E-state index contributed by atoms with van der Waals surface area (Å²) in [5.41, 5.74) is 1.67. The highest BCUT2D eigenvalue weighted by molar-refractivity contribution is 5.83. The molecule has 0 spiro atoms. The maximum Gasteiger partial charge on any atom is 0.230 e. The Bertz CT molecular complexity index is 465. The van der Waals surface area contributed by atoms with Gasteiger partial charge in [-0.05, 0) is 39.7 Å². The van der Waals surface area contributed by atoms with E-state index >= 15 is 0 Å². The molecular formula is C16H27N3O2. The van der Waals surface area contributed by atoms with Crippen LogP contribution in [0.15, 0.2) is 4.52 Å². The van der Waals surface area contributed by atoms with E-state index in [0.717, 1.165) is 55.8 Å². The monoisotopic (exact) mass is 293 g/mol. The highest BCUT2D eigenvalue weighted by atomic mass is 16.5. The van der Waals surface area contributed by atoms with Crippen LogP contribution in [0, 0.1) is 19.3 Å². The van der Waals surface area contributed by atoms with Crippen molar-refractivity contribution in [2.75, 3.05) is 20.1 Å². The molecule has 2 rings (SSSR count). The van der Waals surface area contributed by atoms with Gasteiger partial charge in [0.05, 0.1) is 17.7 Å². The molecule has 1 saturated heterocycles. The van der Waals surface area contributed by atoms with Gasteiger partial charge in [-0.3, -0.25) is 4.79 Å². The molecule has 5 heteroatoms. The predicted molar refractivity (Wildman–Crippen MR) is 81.9 cm³/mol.